The SMILES string of the molecule is c1ccc(N(c2ccc(C34c5ccccc5Oc5cccc(c53)-c3ccccc34)cc2)c2ccc3sc4ccc5ccccc5c4c3c2)cc1. The molecule has 2 heterocycles. The summed E-state index contributed by atoms with van der Waals surface area (Å²) in [4.78, 5) is 2.38. The Bertz CT molecular complexity index is 2800. The zero-order chi connectivity index (χ0) is 32.8. The molecule has 0 fully saturated rings. The van der Waals surface area contributed by atoms with Crippen molar-refractivity contribution in [3.63, 3.8) is 0 Å². The van der Waals surface area contributed by atoms with E-state index in [1.807, 2.05) is 11.3 Å². The molecule has 0 saturated carbocycles. The van der Waals surface area contributed by atoms with Crippen LogP contribution < -0.4 is 9.64 Å². The van der Waals surface area contributed by atoms with Crippen LogP contribution in [0.4, 0.5) is 17.1 Å². The third kappa shape index (κ3) is 3.73. The number of hydrogen-bond donors (Lipinski definition) is 0. The fourth-order valence-electron chi connectivity index (χ4n) is 8.69. The lowest BCUT2D eigenvalue weighted by atomic mass is 9.66. The van der Waals surface area contributed by atoms with E-state index < -0.39 is 5.41 Å². The second kappa shape index (κ2) is 10.4. The van der Waals surface area contributed by atoms with Crippen molar-refractivity contribution < 1.29 is 4.74 Å². The minimum Gasteiger partial charge on any atom is -0.457 e. The van der Waals surface area contributed by atoms with Crippen LogP contribution in [0.5, 0.6) is 11.5 Å². The molecule has 0 bridgehead atoms. The number of para-hydroxylation sites is 2. The van der Waals surface area contributed by atoms with E-state index in [0.717, 1.165) is 28.6 Å². The summed E-state index contributed by atoms with van der Waals surface area (Å²) < 4.78 is 9.22. The molecule has 9 aromatic rings. The van der Waals surface area contributed by atoms with E-state index in [1.54, 1.807) is 0 Å². The van der Waals surface area contributed by atoms with Crippen molar-refractivity contribution in [1.29, 1.82) is 0 Å². The summed E-state index contributed by atoms with van der Waals surface area (Å²) in [6.07, 6.45) is 0. The van der Waals surface area contributed by atoms with E-state index in [1.165, 1.54) is 64.3 Å². The minimum absolute atomic E-state index is 0.483. The monoisotopic (exact) mass is 655 g/mol. The predicted molar refractivity (Wildman–Crippen MR) is 209 cm³/mol. The van der Waals surface area contributed by atoms with Gasteiger partial charge in [-0.2, -0.15) is 0 Å². The number of ether oxygens (including phenoxy) is 1. The highest BCUT2D eigenvalue weighted by Gasteiger charge is 2.51. The number of nitrogens with zero attached hydrogens (tertiary/aromatic N) is 1. The zero-order valence-electron chi connectivity index (χ0n) is 27.0. The van der Waals surface area contributed by atoms with Gasteiger partial charge >= 0.3 is 0 Å². The van der Waals surface area contributed by atoms with Gasteiger partial charge in [0.25, 0.3) is 0 Å². The summed E-state index contributed by atoms with van der Waals surface area (Å²) in [6.45, 7) is 0. The van der Waals surface area contributed by atoms with Crippen LogP contribution in [0.1, 0.15) is 22.3 Å². The van der Waals surface area contributed by atoms with E-state index in [2.05, 4.69) is 181 Å². The Labute approximate surface area is 294 Å². The van der Waals surface area contributed by atoms with Gasteiger partial charge in [0.2, 0.25) is 0 Å². The standard InChI is InChI=1S/C47H29NOS/c1-2-12-32(13-3-1)48(34-26-28-43-38(29-34)45-35-14-5-4-11-30(35)21-27-44(45)50-43)33-24-22-31(23-25-33)47-39-17-7-6-15-36(39)37-16-10-20-42(46(37)47)49-41-19-9-8-18-40(41)47/h1-29H. The third-order valence-electron chi connectivity index (χ3n) is 10.7. The average Bonchev–Trinajstić information content (AvgIpc) is 3.71. The minimum atomic E-state index is -0.483. The Balaban J connectivity index is 1.12. The van der Waals surface area contributed by atoms with E-state index in [9.17, 15) is 0 Å². The molecule has 0 amide bonds. The fraction of sp³-hybridized carbons (Fsp3) is 0.0213. The molecule has 1 aliphatic heterocycles. The topological polar surface area (TPSA) is 12.5 Å². The highest BCUT2D eigenvalue weighted by molar-refractivity contribution is 7.26. The number of thiophene rings is 1. The van der Waals surface area contributed by atoms with Gasteiger partial charge in [0.05, 0.1) is 5.41 Å². The van der Waals surface area contributed by atoms with Gasteiger partial charge < -0.3 is 9.64 Å². The van der Waals surface area contributed by atoms with Crippen molar-refractivity contribution in [2.75, 3.05) is 4.90 Å². The molecule has 1 atom stereocenters. The molecule has 2 nitrogen and oxygen atoms in total. The Morgan fingerprint density at radius 2 is 1.14 bits per heavy atom. The third-order valence-corrected chi connectivity index (χ3v) is 11.8. The average molecular weight is 656 g/mol. The zero-order valence-corrected chi connectivity index (χ0v) is 27.8. The maximum atomic E-state index is 6.60. The summed E-state index contributed by atoms with van der Waals surface area (Å²) in [7, 11) is 0. The smallest absolute Gasteiger partial charge is 0.132 e. The molecule has 11 rings (SSSR count). The van der Waals surface area contributed by atoms with Gasteiger partial charge in [-0.3, -0.25) is 0 Å². The molecule has 3 heteroatoms. The lowest BCUT2D eigenvalue weighted by molar-refractivity contribution is 0.438. The molecular formula is C47H29NOS. The van der Waals surface area contributed by atoms with E-state index in [-0.39, 0.29) is 0 Å². The first-order valence-corrected chi connectivity index (χ1v) is 17.9. The van der Waals surface area contributed by atoms with Gasteiger partial charge in [-0.05, 0) is 93.7 Å². The summed E-state index contributed by atoms with van der Waals surface area (Å²) in [5.74, 6) is 1.84. The van der Waals surface area contributed by atoms with Crippen molar-refractivity contribution >= 4 is 59.3 Å². The molecule has 2 aliphatic rings. The van der Waals surface area contributed by atoms with E-state index in [4.69, 9.17) is 4.74 Å². The van der Waals surface area contributed by atoms with E-state index >= 15 is 0 Å². The molecule has 50 heavy (non-hydrogen) atoms. The van der Waals surface area contributed by atoms with Gasteiger partial charge in [0.15, 0.2) is 0 Å². The van der Waals surface area contributed by atoms with Crippen LogP contribution in [-0.2, 0) is 5.41 Å². The molecule has 0 N–H and O–H groups in total. The number of rotatable bonds is 4. The van der Waals surface area contributed by atoms with Gasteiger partial charge in [-0.15, -0.1) is 11.3 Å². The summed E-state index contributed by atoms with van der Waals surface area (Å²) in [6, 6.07) is 64.1. The quantitative estimate of drug-likeness (QED) is 0.187. The maximum Gasteiger partial charge on any atom is 0.132 e. The summed E-state index contributed by atoms with van der Waals surface area (Å²) in [5, 5.41) is 5.20. The Hall–Kier alpha value is -6.16. The van der Waals surface area contributed by atoms with Crippen molar-refractivity contribution in [2.24, 2.45) is 0 Å². The molecule has 0 saturated heterocycles. The molecule has 1 unspecified atom stereocenters. The largest absolute Gasteiger partial charge is 0.457 e. The van der Waals surface area contributed by atoms with Gasteiger partial charge in [0.1, 0.15) is 11.5 Å². The lowest BCUT2D eigenvalue weighted by Gasteiger charge is -2.39. The lowest BCUT2D eigenvalue weighted by Crippen LogP contribution is -2.32. The number of benzene rings is 8. The number of hydrogen-bond acceptors (Lipinski definition) is 3. The predicted octanol–water partition coefficient (Wildman–Crippen LogP) is 13.1. The number of fused-ring (bicyclic) bond motifs is 10. The molecular weight excluding hydrogens is 627 g/mol. The maximum absolute atomic E-state index is 6.60. The first-order chi connectivity index (χ1) is 24.8. The van der Waals surface area contributed by atoms with Crippen molar-refractivity contribution in [3.05, 3.63) is 198 Å². The van der Waals surface area contributed by atoms with Crippen molar-refractivity contribution in [3.8, 4) is 22.6 Å². The van der Waals surface area contributed by atoms with Crippen LogP contribution in [0.3, 0.4) is 0 Å². The van der Waals surface area contributed by atoms with Crippen molar-refractivity contribution in [1.82, 2.24) is 0 Å². The Morgan fingerprint density at radius 3 is 2.04 bits per heavy atom. The molecule has 0 radical (unpaired) electrons. The first kappa shape index (κ1) is 27.8. The van der Waals surface area contributed by atoms with Gasteiger partial charge in [-0.1, -0.05) is 115 Å². The molecule has 0 spiro atoms. The van der Waals surface area contributed by atoms with Crippen LogP contribution >= 0.6 is 11.3 Å². The second-order valence-corrected chi connectivity index (χ2v) is 14.3. The van der Waals surface area contributed by atoms with Gasteiger partial charge in [-0.25, -0.2) is 0 Å². The van der Waals surface area contributed by atoms with Crippen LogP contribution in [0.25, 0.3) is 42.1 Å². The van der Waals surface area contributed by atoms with E-state index in [0.29, 0.717) is 0 Å². The van der Waals surface area contributed by atoms with Crippen LogP contribution in [0, 0.1) is 0 Å². The molecule has 8 aromatic carbocycles. The Kier molecular flexibility index (Phi) is 5.78. The highest BCUT2D eigenvalue weighted by atomic mass is 32.1. The van der Waals surface area contributed by atoms with Crippen LogP contribution in [0.15, 0.2) is 176 Å². The summed E-state index contributed by atoms with van der Waals surface area (Å²) >= 11 is 1.87. The van der Waals surface area contributed by atoms with Gasteiger partial charge in [0, 0.05) is 48.4 Å². The van der Waals surface area contributed by atoms with Crippen LogP contribution in [-0.4, -0.2) is 0 Å². The molecule has 1 aromatic heterocycles. The number of anilines is 3. The van der Waals surface area contributed by atoms with Crippen LogP contribution in [0.2, 0.25) is 0 Å². The first-order valence-electron chi connectivity index (χ1n) is 17.1. The molecule has 1 aliphatic carbocycles. The highest BCUT2D eigenvalue weighted by Crippen LogP contribution is 2.63. The fourth-order valence-corrected chi connectivity index (χ4v) is 9.79. The second-order valence-electron chi connectivity index (χ2n) is 13.2. The summed E-state index contributed by atoms with van der Waals surface area (Å²) in [5.41, 5.74) is 10.3. The normalized spacial score (nSPS) is 15.4. The molecule has 234 valence electrons. The Morgan fingerprint density at radius 1 is 0.460 bits per heavy atom. The van der Waals surface area contributed by atoms with Crippen molar-refractivity contribution in [2.45, 2.75) is 5.41 Å².